The number of thioether (sulfide) groups is 1. The smallest absolute Gasteiger partial charge is 0.191 e. The SMILES string of the molecule is CN=C(NCc1csc(C(C)(C)C)n1)NCC1CCCS1. The van der Waals surface area contributed by atoms with Gasteiger partial charge in [-0.05, 0) is 18.6 Å². The van der Waals surface area contributed by atoms with Gasteiger partial charge in [-0.2, -0.15) is 11.8 Å². The van der Waals surface area contributed by atoms with E-state index < -0.39 is 0 Å². The van der Waals surface area contributed by atoms with Crippen molar-refractivity contribution in [1.29, 1.82) is 0 Å². The fourth-order valence-corrected chi connectivity index (χ4v) is 4.25. The highest BCUT2D eigenvalue weighted by Crippen LogP contribution is 2.26. The Bertz CT molecular complexity index is 470. The van der Waals surface area contributed by atoms with Crippen molar-refractivity contribution in [1.82, 2.24) is 15.6 Å². The molecule has 2 rings (SSSR count). The molecular weight excluding hydrogens is 300 g/mol. The van der Waals surface area contributed by atoms with Gasteiger partial charge in [0.05, 0.1) is 17.2 Å². The van der Waals surface area contributed by atoms with Crippen LogP contribution in [-0.2, 0) is 12.0 Å². The molecule has 0 aromatic carbocycles. The predicted molar refractivity (Wildman–Crippen MR) is 94.5 cm³/mol. The van der Waals surface area contributed by atoms with E-state index in [1.807, 2.05) is 7.05 Å². The first-order valence-electron chi connectivity index (χ1n) is 7.50. The molecule has 0 aliphatic carbocycles. The van der Waals surface area contributed by atoms with Crippen LogP contribution in [0, 0.1) is 0 Å². The maximum atomic E-state index is 4.69. The minimum atomic E-state index is 0.128. The van der Waals surface area contributed by atoms with Gasteiger partial charge in [-0.3, -0.25) is 4.99 Å². The van der Waals surface area contributed by atoms with Gasteiger partial charge in [-0.15, -0.1) is 11.3 Å². The fourth-order valence-electron chi connectivity index (χ4n) is 2.14. The number of rotatable bonds is 4. The van der Waals surface area contributed by atoms with E-state index in [1.165, 1.54) is 23.6 Å². The first-order chi connectivity index (χ1) is 9.99. The quantitative estimate of drug-likeness (QED) is 0.660. The zero-order valence-electron chi connectivity index (χ0n) is 13.4. The summed E-state index contributed by atoms with van der Waals surface area (Å²) in [6.07, 6.45) is 2.66. The maximum absolute atomic E-state index is 4.69. The first-order valence-corrected chi connectivity index (χ1v) is 9.43. The second-order valence-corrected chi connectivity index (χ2v) is 8.60. The van der Waals surface area contributed by atoms with Gasteiger partial charge in [0.2, 0.25) is 0 Å². The largest absolute Gasteiger partial charge is 0.355 e. The maximum Gasteiger partial charge on any atom is 0.191 e. The molecule has 1 unspecified atom stereocenters. The van der Waals surface area contributed by atoms with Crippen molar-refractivity contribution in [3.05, 3.63) is 16.1 Å². The second kappa shape index (κ2) is 7.49. The minimum Gasteiger partial charge on any atom is -0.355 e. The Labute approximate surface area is 136 Å². The number of hydrogen-bond acceptors (Lipinski definition) is 4. The summed E-state index contributed by atoms with van der Waals surface area (Å²) >= 11 is 3.79. The van der Waals surface area contributed by atoms with Crippen LogP contribution in [0.2, 0.25) is 0 Å². The highest BCUT2D eigenvalue weighted by atomic mass is 32.2. The topological polar surface area (TPSA) is 49.3 Å². The Hall–Kier alpha value is -0.750. The highest BCUT2D eigenvalue weighted by Gasteiger charge is 2.18. The van der Waals surface area contributed by atoms with Gasteiger partial charge in [0.1, 0.15) is 0 Å². The van der Waals surface area contributed by atoms with E-state index in [-0.39, 0.29) is 5.41 Å². The molecule has 1 atom stereocenters. The molecule has 1 aromatic heterocycles. The number of nitrogens with zero attached hydrogens (tertiary/aromatic N) is 2. The van der Waals surface area contributed by atoms with Crippen LogP contribution in [0.15, 0.2) is 10.4 Å². The van der Waals surface area contributed by atoms with Crippen molar-refractivity contribution in [2.75, 3.05) is 19.3 Å². The summed E-state index contributed by atoms with van der Waals surface area (Å²) in [7, 11) is 1.82. The summed E-state index contributed by atoms with van der Waals surface area (Å²) in [6, 6.07) is 0. The van der Waals surface area contributed by atoms with Crippen LogP contribution < -0.4 is 10.6 Å². The molecule has 0 amide bonds. The Morgan fingerprint density at radius 3 is 2.81 bits per heavy atom. The summed E-state index contributed by atoms with van der Waals surface area (Å²) in [5, 5.41) is 10.8. The van der Waals surface area contributed by atoms with Crippen molar-refractivity contribution in [3.63, 3.8) is 0 Å². The molecule has 0 spiro atoms. The first kappa shape index (κ1) is 16.6. The van der Waals surface area contributed by atoms with Gasteiger partial charge in [0.15, 0.2) is 5.96 Å². The molecule has 2 N–H and O–H groups in total. The molecule has 4 nitrogen and oxygen atoms in total. The number of guanidine groups is 1. The van der Waals surface area contributed by atoms with Gasteiger partial charge in [-0.25, -0.2) is 4.98 Å². The fraction of sp³-hybridized carbons (Fsp3) is 0.733. The van der Waals surface area contributed by atoms with Crippen LogP contribution in [0.1, 0.15) is 44.3 Å². The average Bonchev–Trinajstić information content (AvgIpc) is 3.09. The van der Waals surface area contributed by atoms with Crippen molar-refractivity contribution < 1.29 is 0 Å². The molecular formula is C15H26N4S2. The molecule has 1 fully saturated rings. The summed E-state index contributed by atoms with van der Waals surface area (Å²) in [4.78, 5) is 8.97. The summed E-state index contributed by atoms with van der Waals surface area (Å²) in [6.45, 7) is 8.31. The highest BCUT2D eigenvalue weighted by molar-refractivity contribution is 8.00. The average molecular weight is 327 g/mol. The van der Waals surface area contributed by atoms with Crippen molar-refractivity contribution >= 4 is 29.1 Å². The molecule has 2 heterocycles. The number of nitrogens with one attached hydrogen (secondary N) is 2. The van der Waals surface area contributed by atoms with Crippen molar-refractivity contribution in [2.24, 2.45) is 4.99 Å². The van der Waals surface area contributed by atoms with Gasteiger partial charge in [0, 0.05) is 29.6 Å². The lowest BCUT2D eigenvalue weighted by molar-refractivity contribution is 0.582. The lowest BCUT2D eigenvalue weighted by Crippen LogP contribution is -2.39. The Morgan fingerprint density at radius 2 is 2.24 bits per heavy atom. The van der Waals surface area contributed by atoms with Crippen LogP contribution in [-0.4, -0.2) is 35.5 Å². The van der Waals surface area contributed by atoms with E-state index in [9.17, 15) is 0 Å². The zero-order chi connectivity index (χ0) is 15.3. The monoisotopic (exact) mass is 326 g/mol. The molecule has 1 aromatic rings. The second-order valence-electron chi connectivity index (χ2n) is 6.34. The number of aromatic nitrogens is 1. The van der Waals surface area contributed by atoms with Gasteiger partial charge >= 0.3 is 0 Å². The number of hydrogen-bond donors (Lipinski definition) is 2. The van der Waals surface area contributed by atoms with Crippen molar-refractivity contribution in [3.8, 4) is 0 Å². The predicted octanol–water partition coefficient (Wildman–Crippen LogP) is 3.00. The molecule has 21 heavy (non-hydrogen) atoms. The number of thiazole rings is 1. The van der Waals surface area contributed by atoms with Crippen LogP contribution in [0.4, 0.5) is 0 Å². The van der Waals surface area contributed by atoms with E-state index >= 15 is 0 Å². The molecule has 6 heteroatoms. The molecule has 0 saturated carbocycles. The van der Waals surface area contributed by atoms with E-state index in [0.717, 1.165) is 30.0 Å². The lowest BCUT2D eigenvalue weighted by Gasteiger charge is -2.15. The third kappa shape index (κ3) is 5.18. The van der Waals surface area contributed by atoms with E-state index in [0.29, 0.717) is 0 Å². The third-order valence-electron chi connectivity index (χ3n) is 3.38. The third-order valence-corrected chi connectivity index (χ3v) is 6.09. The summed E-state index contributed by atoms with van der Waals surface area (Å²) in [5.74, 6) is 2.17. The summed E-state index contributed by atoms with van der Waals surface area (Å²) in [5.41, 5.74) is 1.21. The lowest BCUT2D eigenvalue weighted by atomic mass is 9.98. The molecule has 1 saturated heterocycles. The molecule has 1 aliphatic rings. The van der Waals surface area contributed by atoms with Crippen LogP contribution in [0.5, 0.6) is 0 Å². The standard InChI is InChI=1S/C15H26N4S2/c1-15(2,3)13-19-11(10-21-13)8-17-14(16-4)18-9-12-6-5-7-20-12/h10,12H,5-9H2,1-4H3,(H2,16,17,18). The van der Waals surface area contributed by atoms with Crippen LogP contribution in [0.25, 0.3) is 0 Å². The van der Waals surface area contributed by atoms with Crippen LogP contribution >= 0.6 is 23.1 Å². The van der Waals surface area contributed by atoms with Gasteiger partial charge < -0.3 is 10.6 Å². The zero-order valence-corrected chi connectivity index (χ0v) is 15.0. The molecule has 0 radical (unpaired) electrons. The van der Waals surface area contributed by atoms with Crippen LogP contribution in [0.3, 0.4) is 0 Å². The normalized spacial score (nSPS) is 19.8. The number of aliphatic imine (C=N–C) groups is 1. The van der Waals surface area contributed by atoms with Gasteiger partial charge in [-0.1, -0.05) is 20.8 Å². The van der Waals surface area contributed by atoms with Crippen molar-refractivity contribution in [2.45, 2.75) is 50.8 Å². The van der Waals surface area contributed by atoms with E-state index in [2.05, 4.69) is 53.5 Å². The molecule has 1 aliphatic heterocycles. The van der Waals surface area contributed by atoms with Gasteiger partial charge in [0.25, 0.3) is 0 Å². The van der Waals surface area contributed by atoms with E-state index in [4.69, 9.17) is 4.98 Å². The summed E-state index contributed by atoms with van der Waals surface area (Å²) < 4.78 is 0. The molecule has 118 valence electrons. The Kier molecular flexibility index (Phi) is 5.93. The Balaban J connectivity index is 1.78. The van der Waals surface area contributed by atoms with E-state index in [1.54, 1.807) is 11.3 Å². The Morgan fingerprint density at radius 1 is 1.43 bits per heavy atom. The molecule has 0 bridgehead atoms. The minimum absolute atomic E-state index is 0.128.